The van der Waals surface area contributed by atoms with Crippen molar-refractivity contribution in [2.75, 3.05) is 0 Å². The van der Waals surface area contributed by atoms with Crippen molar-refractivity contribution in [3.8, 4) is 0 Å². The Morgan fingerprint density at radius 1 is 1.19 bits per heavy atom. The fourth-order valence-corrected chi connectivity index (χ4v) is 3.52. The van der Waals surface area contributed by atoms with Gasteiger partial charge in [-0.2, -0.15) is 0 Å². The van der Waals surface area contributed by atoms with Gasteiger partial charge in [0.25, 0.3) is 5.91 Å². The zero-order valence-corrected chi connectivity index (χ0v) is 19.0. The summed E-state index contributed by atoms with van der Waals surface area (Å²) in [5.41, 5.74) is 2.43. The van der Waals surface area contributed by atoms with Gasteiger partial charge in [0.1, 0.15) is 6.04 Å². The fourth-order valence-electron chi connectivity index (χ4n) is 3.09. The molecule has 2 aromatic heterocycles. The third-order valence-corrected chi connectivity index (χ3v) is 5.72. The van der Waals surface area contributed by atoms with Crippen LogP contribution in [-0.4, -0.2) is 36.8 Å². The van der Waals surface area contributed by atoms with Crippen molar-refractivity contribution in [3.63, 3.8) is 0 Å². The Bertz CT molecular complexity index is 1000. The number of carbonyl (C=O) groups is 2. The zero-order valence-electron chi connectivity index (χ0n) is 18.2. The normalized spacial score (nSPS) is 12.3. The van der Waals surface area contributed by atoms with Crippen LogP contribution >= 0.6 is 11.5 Å². The molecule has 0 unspecified atom stereocenters. The Kier molecular flexibility index (Phi) is 7.12. The summed E-state index contributed by atoms with van der Waals surface area (Å²) < 4.78 is 3.83. The van der Waals surface area contributed by atoms with E-state index >= 15 is 0 Å². The molecule has 0 radical (unpaired) electrons. The SMILES string of the molecule is CCC(C)(C)NC(=O)[C@H](c1ccc(C)cc1)N(Cc1cccnc1)C(=O)c1csnn1. The third-order valence-electron chi connectivity index (χ3n) is 5.21. The Labute approximate surface area is 186 Å². The minimum Gasteiger partial charge on any atom is -0.349 e. The average Bonchev–Trinajstić information content (AvgIpc) is 3.29. The van der Waals surface area contributed by atoms with E-state index in [0.29, 0.717) is 0 Å². The fraction of sp³-hybridized carbons (Fsp3) is 0.348. The molecular weight excluding hydrogens is 410 g/mol. The van der Waals surface area contributed by atoms with Crippen LogP contribution in [0.25, 0.3) is 0 Å². The van der Waals surface area contributed by atoms with Gasteiger partial charge in [-0.3, -0.25) is 14.6 Å². The number of hydrogen-bond acceptors (Lipinski definition) is 6. The predicted octanol–water partition coefficient (Wildman–Crippen LogP) is 3.93. The van der Waals surface area contributed by atoms with Gasteiger partial charge in [0, 0.05) is 29.9 Å². The van der Waals surface area contributed by atoms with Crippen molar-refractivity contribution in [2.24, 2.45) is 0 Å². The number of benzene rings is 1. The molecule has 0 aliphatic carbocycles. The van der Waals surface area contributed by atoms with Gasteiger partial charge in [-0.15, -0.1) is 5.10 Å². The summed E-state index contributed by atoms with van der Waals surface area (Å²) in [6.07, 6.45) is 4.12. The highest BCUT2D eigenvalue weighted by atomic mass is 32.1. The molecule has 3 aromatic rings. The molecule has 0 aliphatic heterocycles. The second-order valence-electron chi connectivity index (χ2n) is 8.12. The van der Waals surface area contributed by atoms with Crippen molar-refractivity contribution in [3.05, 3.63) is 76.6 Å². The highest BCUT2D eigenvalue weighted by Gasteiger charge is 2.35. The molecule has 0 saturated heterocycles. The van der Waals surface area contributed by atoms with Gasteiger partial charge >= 0.3 is 0 Å². The Morgan fingerprint density at radius 2 is 1.94 bits per heavy atom. The second-order valence-corrected chi connectivity index (χ2v) is 8.73. The summed E-state index contributed by atoms with van der Waals surface area (Å²) in [5.74, 6) is -0.594. The van der Waals surface area contributed by atoms with Crippen molar-refractivity contribution in [1.82, 2.24) is 24.8 Å². The number of aryl methyl sites for hydroxylation is 1. The highest BCUT2D eigenvalue weighted by molar-refractivity contribution is 7.03. The van der Waals surface area contributed by atoms with Gasteiger partial charge in [0.2, 0.25) is 5.91 Å². The molecule has 3 rings (SSSR count). The van der Waals surface area contributed by atoms with Gasteiger partial charge in [0.15, 0.2) is 5.69 Å². The molecule has 1 N–H and O–H groups in total. The molecular formula is C23H27N5O2S. The molecule has 2 amide bonds. The Hall–Kier alpha value is -3.13. The molecule has 0 aliphatic rings. The topological polar surface area (TPSA) is 88.1 Å². The summed E-state index contributed by atoms with van der Waals surface area (Å²) in [4.78, 5) is 32.7. The monoisotopic (exact) mass is 437 g/mol. The number of aromatic nitrogens is 3. The van der Waals surface area contributed by atoms with E-state index in [2.05, 4.69) is 19.9 Å². The van der Waals surface area contributed by atoms with Crippen LogP contribution in [0.5, 0.6) is 0 Å². The molecule has 0 spiro atoms. The van der Waals surface area contributed by atoms with E-state index in [1.54, 1.807) is 22.7 Å². The minimum atomic E-state index is -0.833. The predicted molar refractivity (Wildman–Crippen MR) is 120 cm³/mol. The number of hydrogen-bond donors (Lipinski definition) is 1. The molecule has 31 heavy (non-hydrogen) atoms. The lowest BCUT2D eigenvalue weighted by Crippen LogP contribution is -2.50. The van der Waals surface area contributed by atoms with E-state index in [1.165, 1.54) is 0 Å². The van der Waals surface area contributed by atoms with Crippen molar-refractivity contribution in [1.29, 1.82) is 0 Å². The summed E-state index contributed by atoms with van der Waals surface area (Å²) in [5, 5.41) is 8.65. The Morgan fingerprint density at radius 3 is 2.52 bits per heavy atom. The standard InChI is InChI=1S/C23H27N5O2S/c1-5-23(3,4)25-21(29)20(18-10-8-16(2)9-11-18)28(14-17-7-6-12-24-13-17)22(30)19-15-31-27-26-19/h6-13,15,20H,5,14H2,1-4H3,(H,25,29)/t20-/m0/s1. The molecule has 1 atom stereocenters. The summed E-state index contributed by atoms with van der Waals surface area (Å²) in [6, 6.07) is 10.5. The summed E-state index contributed by atoms with van der Waals surface area (Å²) >= 11 is 1.10. The van der Waals surface area contributed by atoms with Gasteiger partial charge in [-0.25, -0.2) is 0 Å². The largest absolute Gasteiger partial charge is 0.349 e. The number of nitrogens with zero attached hydrogens (tertiary/aromatic N) is 4. The highest BCUT2D eigenvalue weighted by Crippen LogP contribution is 2.27. The van der Waals surface area contributed by atoms with Crippen molar-refractivity contribution >= 4 is 23.3 Å². The van der Waals surface area contributed by atoms with E-state index in [9.17, 15) is 9.59 Å². The minimum absolute atomic E-state index is 0.211. The maximum atomic E-state index is 13.6. The molecule has 0 bridgehead atoms. The van der Waals surface area contributed by atoms with Crippen LogP contribution in [0.15, 0.2) is 54.2 Å². The first-order chi connectivity index (χ1) is 14.8. The Balaban J connectivity index is 2.07. The molecule has 0 saturated carbocycles. The zero-order chi connectivity index (χ0) is 22.4. The average molecular weight is 438 g/mol. The summed E-state index contributed by atoms with van der Waals surface area (Å²) in [7, 11) is 0. The van der Waals surface area contributed by atoms with Crippen LogP contribution in [0.4, 0.5) is 0 Å². The van der Waals surface area contributed by atoms with Gasteiger partial charge < -0.3 is 10.2 Å². The van der Waals surface area contributed by atoms with Crippen LogP contribution in [-0.2, 0) is 11.3 Å². The number of amides is 2. The van der Waals surface area contributed by atoms with Crippen LogP contribution in [0.3, 0.4) is 0 Å². The van der Waals surface area contributed by atoms with Gasteiger partial charge in [-0.1, -0.05) is 47.3 Å². The number of nitrogens with one attached hydrogen (secondary N) is 1. The van der Waals surface area contributed by atoms with E-state index < -0.39 is 11.6 Å². The summed E-state index contributed by atoms with van der Waals surface area (Å²) in [6.45, 7) is 8.14. The molecule has 8 heteroatoms. The maximum Gasteiger partial charge on any atom is 0.276 e. The smallest absolute Gasteiger partial charge is 0.276 e. The van der Waals surface area contributed by atoms with Crippen LogP contribution < -0.4 is 5.32 Å². The molecule has 1 aromatic carbocycles. The quantitative estimate of drug-likeness (QED) is 0.577. The molecule has 7 nitrogen and oxygen atoms in total. The van der Waals surface area contributed by atoms with Crippen molar-refractivity contribution < 1.29 is 9.59 Å². The third kappa shape index (κ3) is 5.73. The molecule has 162 valence electrons. The first-order valence-electron chi connectivity index (χ1n) is 10.2. The van der Waals surface area contributed by atoms with E-state index in [4.69, 9.17) is 0 Å². The first-order valence-corrected chi connectivity index (χ1v) is 11.0. The van der Waals surface area contributed by atoms with E-state index in [0.717, 1.165) is 34.6 Å². The number of rotatable bonds is 8. The van der Waals surface area contributed by atoms with Crippen LogP contribution in [0, 0.1) is 6.92 Å². The lowest BCUT2D eigenvalue weighted by molar-refractivity contribution is -0.127. The molecule has 0 fully saturated rings. The number of pyridine rings is 1. The van der Waals surface area contributed by atoms with Gasteiger partial charge in [0.05, 0.1) is 0 Å². The second kappa shape index (κ2) is 9.78. The number of carbonyl (C=O) groups excluding carboxylic acids is 2. The van der Waals surface area contributed by atoms with Crippen molar-refractivity contribution in [2.45, 2.75) is 52.2 Å². The lowest BCUT2D eigenvalue weighted by atomic mass is 9.97. The molecule has 2 heterocycles. The van der Waals surface area contributed by atoms with Crippen LogP contribution in [0.2, 0.25) is 0 Å². The first kappa shape index (κ1) is 22.6. The van der Waals surface area contributed by atoms with E-state index in [1.807, 2.05) is 64.1 Å². The lowest BCUT2D eigenvalue weighted by Gasteiger charge is -2.34. The van der Waals surface area contributed by atoms with Gasteiger partial charge in [-0.05, 0) is 55.9 Å². The van der Waals surface area contributed by atoms with Crippen LogP contribution in [0.1, 0.15) is 60.4 Å². The maximum absolute atomic E-state index is 13.6. The van der Waals surface area contributed by atoms with E-state index in [-0.39, 0.29) is 24.1 Å².